The molecule has 0 heterocycles. The maximum absolute atomic E-state index is 10.3. The van der Waals surface area contributed by atoms with Crippen molar-refractivity contribution >= 4 is 5.97 Å². The summed E-state index contributed by atoms with van der Waals surface area (Å²) in [7, 11) is 0. The SMILES string of the molecule is CCC=CC[C@@H](O)C=CC=CCC=CC=C[C@@H](O)CC=CCCC(=O)O. The molecule has 0 aromatic rings. The summed E-state index contributed by atoms with van der Waals surface area (Å²) in [6, 6.07) is 0. The molecule has 0 aromatic carbocycles. The normalized spacial score (nSPS) is 15.5. The molecule has 0 aromatic heterocycles. The van der Waals surface area contributed by atoms with Crippen molar-refractivity contribution in [3.63, 3.8) is 0 Å². The van der Waals surface area contributed by atoms with Crippen LogP contribution in [-0.2, 0) is 4.79 Å². The topological polar surface area (TPSA) is 77.8 Å². The van der Waals surface area contributed by atoms with Gasteiger partial charge in [0.1, 0.15) is 0 Å². The van der Waals surface area contributed by atoms with E-state index in [0.717, 1.165) is 12.8 Å². The lowest BCUT2D eigenvalue weighted by molar-refractivity contribution is -0.136. The molecule has 144 valence electrons. The first-order valence-electron chi connectivity index (χ1n) is 9.10. The summed E-state index contributed by atoms with van der Waals surface area (Å²) in [4.78, 5) is 10.3. The molecule has 0 amide bonds. The third kappa shape index (κ3) is 18.2. The Bertz CT molecular complexity index is 524. The number of carboxylic acids is 1. The first kappa shape index (κ1) is 23.8. The van der Waals surface area contributed by atoms with Gasteiger partial charge in [-0.25, -0.2) is 0 Å². The van der Waals surface area contributed by atoms with E-state index in [-0.39, 0.29) is 6.42 Å². The summed E-state index contributed by atoms with van der Waals surface area (Å²) in [6.45, 7) is 2.06. The zero-order valence-electron chi connectivity index (χ0n) is 15.6. The van der Waals surface area contributed by atoms with Crippen LogP contribution in [0.2, 0.25) is 0 Å². The molecule has 0 aliphatic rings. The minimum atomic E-state index is -0.815. The fourth-order valence-electron chi connectivity index (χ4n) is 1.90. The highest BCUT2D eigenvalue weighted by molar-refractivity contribution is 5.66. The molecule has 3 N–H and O–H groups in total. The van der Waals surface area contributed by atoms with Crippen LogP contribution < -0.4 is 0 Å². The average Bonchev–Trinajstić information content (AvgIpc) is 2.60. The quantitative estimate of drug-likeness (QED) is 0.315. The molecule has 0 radical (unpaired) electrons. The maximum Gasteiger partial charge on any atom is 0.303 e. The Labute approximate surface area is 157 Å². The summed E-state index contributed by atoms with van der Waals surface area (Å²) >= 11 is 0. The Morgan fingerprint density at radius 1 is 0.808 bits per heavy atom. The number of hydrogen-bond donors (Lipinski definition) is 3. The summed E-state index contributed by atoms with van der Waals surface area (Å²) in [6.07, 6.45) is 24.9. The summed E-state index contributed by atoms with van der Waals surface area (Å²) in [5.41, 5.74) is 0. The minimum absolute atomic E-state index is 0.114. The fraction of sp³-hybridized carbons (Fsp3) is 0.409. The second kappa shape index (κ2) is 17.6. The van der Waals surface area contributed by atoms with Gasteiger partial charge in [0.15, 0.2) is 0 Å². The van der Waals surface area contributed by atoms with E-state index in [1.165, 1.54) is 0 Å². The molecule has 0 bridgehead atoms. The van der Waals surface area contributed by atoms with Crippen LogP contribution in [0.4, 0.5) is 0 Å². The Kier molecular flexibility index (Phi) is 16.2. The van der Waals surface area contributed by atoms with Crippen molar-refractivity contribution in [1.82, 2.24) is 0 Å². The molecule has 0 spiro atoms. The number of allylic oxidation sites excluding steroid dienone is 8. The highest BCUT2D eigenvalue weighted by atomic mass is 16.4. The Hall–Kier alpha value is -2.17. The van der Waals surface area contributed by atoms with Gasteiger partial charge in [-0.1, -0.05) is 79.8 Å². The summed E-state index contributed by atoms with van der Waals surface area (Å²) in [5, 5.41) is 27.9. The van der Waals surface area contributed by atoms with Crippen LogP contribution in [-0.4, -0.2) is 33.5 Å². The van der Waals surface area contributed by atoms with Crippen molar-refractivity contribution in [1.29, 1.82) is 0 Å². The number of hydrogen-bond acceptors (Lipinski definition) is 3. The van der Waals surface area contributed by atoms with Crippen LogP contribution in [0.3, 0.4) is 0 Å². The Morgan fingerprint density at radius 3 is 1.85 bits per heavy atom. The molecule has 26 heavy (non-hydrogen) atoms. The molecular formula is C22H32O4. The van der Waals surface area contributed by atoms with Gasteiger partial charge in [0, 0.05) is 6.42 Å². The Morgan fingerprint density at radius 2 is 1.35 bits per heavy atom. The van der Waals surface area contributed by atoms with Crippen molar-refractivity contribution in [3.05, 3.63) is 72.9 Å². The van der Waals surface area contributed by atoms with Crippen molar-refractivity contribution in [2.45, 2.75) is 57.7 Å². The number of rotatable bonds is 14. The van der Waals surface area contributed by atoms with Gasteiger partial charge < -0.3 is 15.3 Å². The van der Waals surface area contributed by atoms with Gasteiger partial charge in [0.05, 0.1) is 12.2 Å². The van der Waals surface area contributed by atoms with Gasteiger partial charge in [-0.3, -0.25) is 4.79 Å². The van der Waals surface area contributed by atoms with Crippen LogP contribution in [0, 0.1) is 0 Å². The van der Waals surface area contributed by atoms with E-state index in [9.17, 15) is 15.0 Å². The van der Waals surface area contributed by atoms with E-state index in [1.807, 2.05) is 42.5 Å². The van der Waals surface area contributed by atoms with Crippen molar-refractivity contribution in [2.24, 2.45) is 0 Å². The second-order valence-corrected chi connectivity index (χ2v) is 5.75. The van der Waals surface area contributed by atoms with Gasteiger partial charge in [-0.05, 0) is 32.1 Å². The second-order valence-electron chi connectivity index (χ2n) is 5.75. The fourth-order valence-corrected chi connectivity index (χ4v) is 1.90. The smallest absolute Gasteiger partial charge is 0.303 e. The molecule has 2 atom stereocenters. The third-order valence-electron chi connectivity index (χ3n) is 3.28. The van der Waals surface area contributed by atoms with Crippen molar-refractivity contribution < 1.29 is 20.1 Å². The van der Waals surface area contributed by atoms with Gasteiger partial charge in [-0.15, -0.1) is 0 Å². The molecule has 4 heteroatoms. The number of aliphatic hydroxyl groups excluding tert-OH is 2. The maximum atomic E-state index is 10.3. The van der Waals surface area contributed by atoms with E-state index < -0.39 is 18.2 Å². The zero-order valence-corrected chi connectivity index (χ0v) is 15.6. The van der Waals surface area contributed by atoms with E-state index >= 15 is 0 Å². The lowest BCUT2D eigenvalue weighted by Gasteiger charge is -1.99. The molecule has 0 unspecified atom stereocenters. The predicted octanol–water partition coefficient (Wildman–Crippen LogP) is 4.49. The van der Waals surface area contributed by atoms with Crippen LogP contribution in [0.1, 0.15) is 45.4 Å². The number of aliphatic hydroxyl groups is 2. The predicted molar refractivity (Wildman–Crippen MR) is 108 cm³/mol. The first-order chi connectivity index (χ1) is 12.6. The van der Waals surface area contributed by atoms with Crippen LogP contribution >= 0.6 is 0 Å². The highest BCUT2D eigenvalue weighted by Crippen LogP contribution is 2.00. The lowest BCUT2D eigenvalue weighted by Crippen LogP contribution is -1.99. The van der Waals surface area contributed by atoms with E-state index in [4.69, 9.17) is 5.11 Å². The van der Waals surface area contributed by atoms with Gasteiger partial charge in [0.2, 0.25) is 0 Å². The molecule has 0 fully saturated rings. The third-order valence-corrected chi connectivity index (χ3v) is 3.28. The molecule has 0 rings (SSSR count). The van der Waals surface area contributed by atoms with Crippen molar-refractivity contribution in [3.8, 4) is 0 Å². The number of aliphatic carboxylic acids is 1. The van der Waals surface area contributed by atoms with E-state index in [1.54, 1.807) is 30.4 Å². The summed E-state index contributed by atoms with van der Waals surface area (Å²) < 4.78 is 0. The standard InChI is InChI=1S/C22H32O4/c1-2-3-10-15-20(23)16-11-7-5-4-6-8-12-17-21(24)18-13-9-14-19-22(25)26/h3,5-13,16-17,20-21,23-24H,2,4,14-15,18-19H2,1H3,(H,25,26)/t20-,21-/m1/s1. The first-order valence-corrected chi connectivity index (χ1v) is 9.10. The van der Waals surface area contributed by atoms with E-state index in [2.05, 4.69) is 6.92 Å². The Balaban J connectivity index is 3.85. The van der Waals surface area contributed by atoms with E-state index in [0.29, 0.717) is 19.3 Å². The largest absolute Gasteiger partial charge is 0.481 e. The monoisotopic (exact) mass is 360 g/mol. The molecule has 0 saturated carbocycles. The van der Waals surface area contributed by atoms with Gasteiger partial charge in [0.25, 0.3) is 0 Å². The van der Waals surface area contributed by atoms with Crippen LogP contribution in [0.15, 0.2) is 72.9 Å². The molecule has 0 aliphatic carbocycles. The average molecular weight is 360 g/mol. The minimum Gasteiger partial charge on any atom is -0.481 e. The molecule has 0 saturated heterocycles. The molecule has 0 aliphatic heterocycles. The lowest BCUT2D eigenvalue weighted by atomic mass is 10.2. The van der Waals surface area contributed by atoms with Gasteiger partial charge in [-0.2, -0.15) is 0 Å². The number of carbonyl (C=O) groups is 1. The highest BCUT2D eigenvalue weighted by Gasteiger charge is 1.95. The molecule has 4 nitrogen and oxygen atoms in total. The zero-order chi connectivity index (χ0) is 19.5. The van der Waals surface area contributed by atoms with Crippen LogP contribution in [0.25, 0.3) is 0 Å². The summed E-state index contributed by atoms with van der Waals surface area (Å²) in [5.74, 6) is -0.815. The van der Waals surface area contributed by atoms with Crippen molar-refractivity contribution in [2.75, 3.05) is 0 Å². The number of carboxylic acid groups (broad SMARTS) is 1. The van der Waals surface area contributed by atoms with Crippen LogP contribution in [0.5, 0.6) is 0 Å². The van der Waals surface area contributed by atoms with Gasteiger partial charge >= 0.3 is 5.97 Å². The molecular weight excluding hydrogens is 328 g/mol.